The van der Waals surface area contributed by atoms with Crippen LogP contribution in [-0.4, -0.2) is 33.9 Å². The summed E-state index contributed by atoms with van der Waals surface area (Å²) >= 11 is 0. The molecule has 1 aliphatic rings. The van der Waals surface area contributed by atoms with Gasteiger partial charge in [-0.1, -0.05) is 36.4 Å². The molecular formula is C23H27N5O. The molecule has 4 rings (SSSR count). The van der Waals surface area contributed by atoms with Crippen LogP contribution in [0.5, 0.6) is 0 Å². The summed E-state index contributed by atoms with van der Waals surface area (Å²) in [7, 11) is 0. The maximum Gasteiger partial charge on any atom is 0.314 e. The van der Waals surface area contributed by atoms with Crippen molar-refractivity contribution in [2.45, 2.75) is 38.6 Å². The molecule has 3 aromatic rings. The standard InChI is InChI=1S/C23H27N5O/c29-23(25-15-13-18-8-2-1-3-9-18)26-16-17-28-21-12-5-4-10-19(21)22(27-28)20-11-6-7-14-24-20/h1-3,6-9,11,14H,4-5,10,12-13,15-17H2,(H2,25,26,29). The van der Waals surface area contributed by atoms with E-state index in [0.717, 1.165) is 30.7 Å². The Balaban J connectivity index is 1.31. The highest BCUT2D eigenvalue weighted by molar-refractivity contribution is 5.73. The molecule has 0 saturated heterocycles. The number of nitrogens with zero attached hydrogens (tertiary/aromatic N) is 3. The number of nitrogens with one attached hydrogen (secondary N) is 2. The van der Waals surface area contributed by atoms with Gasteiger partial charge in [0.05, 0.1) is 12.2 Å². The number of rotatable bonds is 7. The van der Waals surface area contributed by atoms with Crippen LogP contribution in [0, 0.1) is 0 Å². The Morgan fingerprint density at radius 1 is 0.966 bits per heavy atom. The first kappa shape index (κ1) is 19.2. The first-order valence-electron chi connectivity index (χ1n) is 10.4. The summed E-state index contributed by atoms with van der Waals surface area (Å²) in [4.78, 5) is 16.6. The smallest absolute Gasteiger partial charge is 0.314 e. The second-order valence-electron chi connectivity index (χ2n) is 7.34. The molecule has 2 heterocycles. The summed E-state index contributed by atoms with van der Waals surface area (Å²) in [6, 6.07) is 16.0. The first-order valence-corrected chi connectivity index (χ1v) is 10.4. The summed E-state index contributed by atoms with van der Waals surface area (Å²) in [5, 5.41) is 10.7. The van der Waals surface area contributed by atoms with E-state index >= 15 is 0 Å². The van der Waals surface area contributed by atoms with Crippen molar-refractivity contribution in [3.63, 3.8) is 0 Å². The lowest BCUT2D eigenvalue weighted by Crippen LogP contribution is -2.38. The first-order chi connectivity index (χ1) is 14.3. The molecule has 0 aliphatic heterocycles. The van der Waals surface area contributed by atoms with Crippen molar-refractivity contribution in [3.05, 3.63) is 71.5 Å². The molecule has 2 amide bonds. The molecule has 2 N–H and O–H groups in total. The Hall–Kier alpha value is -3.15. The van der Waals surface area contributed by atoms with Gasteiger partial charge in [-0.15, -0.1) is 0 Å². The molecule has 150 valence electrons. The lowest BCUT2D eigenvalue weighted by Gasteiger charge is -2.14. The Kier molecular flexibility index (Phi) is 6.19. The second kappa shape index (κ2) is 9.37. The minimum Gasteiger partial charge on any atom is -0.338 e. The molecule has 2 aromatic heterocycles. The quantitative estimate of drug-likeness (QED) is 0.651. The van der Waals surface area contributed by atoms with Gasteiger partial charge in [-0.25, -0.2) is 4.79 Å². The lowest BCUT2D eigenvalue weighted by atomic mass is 9.95. The van der Waals surface area contributed by atoms with Crippen molar-refractivity contribution in [1.29, 1.82) is 0 Å². The molecule has 6 nitrogen and oxygen atoms in total. The van der Waals surface area contributed by atoms with E-state index in [0.29, 0.717) is 19.6 Å². The molecule has 0 spiro atoms. The van der Waals surface area contributed by atoms with Gasteiger partial charge in [0.1, 0.15) is 5.69 Å². The summed E-state index contributed by atoms with van der Waals surface area (Å²) in [6.45, 7) is 1.84. The van der Waals surface area contributed by atoms with Crippen LogP contribution in [0.15, 0.2) is 54.7 Å². The molecule has 1 aliphatic carbocycles. The molecule has 1 aromatic carbocycles. The Morgan fingerprint density at radius 2 is 1.76 bits per heavy atom. The van der Waals surface area contributed by atoms with Crippen LogP contribution in [0.3, 0.4) is 0 Å². The van der Waals surface area contributed by atoms with E-state index in [-0.39, 0.29) is 6.03 Å². The van der Waals surface area contributed by atoms with Gasteiger partial charge in [0.25, 0.3) is 0 Å². The molecule has 0 unspecified atom stereocenters. The van der Waals surface area contributed by atoms with E-state index in [4.69, 9.17) is 5.10 Å². The molecule has 0 bridgehead atoms. The average Bonchev–Trinajstić information content (AvgIpc) is 3.14. The van der Waals surface area contributed by atoms with Crippen LogP contribution >= 0.6 is 0 Å². The van der Waals surface area contributed by atoms with E-state index in [2.05, 4.69) is 32.4 Å². The van der Waals surface area contributed by atoms with Gasteiger partial charge in [-0.3, -0.25) is 9.67 Å². The number of benzene rings is 1. The third kappa shape index (κ3) is 4.83. The number of amides is 2. The number of hydrogen-bond acceptors (Lipinski definition) is 3. The van der Waals surface area contributed by atoms with Gasteiger partial charge in [-0.2, -0.15) is 5.10 Å². The van der Waals surface area contributed by atoms with Crippen LogP contribution in [0.1, 0.15) is 29.7 Å². The Labute approximate surface area is 171 Å². The minimum atomic E-state index is -0.132. The van der Waals surface area contributed by atoms with Crippen LogP contribution < -0.4 is 10.6 Å². The van der Waals surface area contributed by atoms with E-state index in [9.17, 15) is 4.79 Å². The van der Waals surface area contributed by atoms with Crippen molar-refractivity contribution in [1.82, 2.24) is 25.4 Å². The Bertz CT molecular complexity index is 937. The van der Waals surface area contributed by atoms with E-state index in [1.807, 2.05) is 42.6 Å². The summed E-state index contributed by atoms with van der Waals surface area (Å²) in [6.07, 6.45) is 7.11. The Morgan fingerprint density at radius 3 is 2.59 bits per heavy atom. The highest BCUT2D eigenvalue weighted by Gasteiger charge is 2.22. The van der Waals surface area contributed by atoms with Gasteiger partial charge >= 0.3 is 6.03 Å². The predicted octanol–water partition coefficient (Wildman–Crippen LogP) is 3.37. The number of aromatic nitrogens is 3. The number of carbonyl (C=O) groups excluding carboxylic acids is 1. The molecular weight excluding hydrogens is 362 g/mol. The van der Waals surface area contributed by atoms with Gasteiger partial charge in [-0.05, 0) is 49.8 Å². The van der Waals surface area contributed by atoms with E-state index < -0.39 is 0 Å². The third-order valence-electron chi connectivity index (χ3n) is 5.32. The fourth-order valence-corrected chi connectivity index (χ4v) is 3.87. The average molecular weight is 390 g/mol. The normalized spacial score (nSPS) is 13.0. The van der Waals surface area contributed by atoms with Crippen LogP contribution in [-0.2, 0) is 25.8 Å². The molecule has 0 radical (unpaired) electrons. The van der Waals surface area contributed by atoms with E-state index in [1.54, 1.807) is 0 Å². The van der Waals surface area contributed by atoms with Crippen LogP contribution in [0.4, 0.5) is 4.79 Å². The largest absolute Gasteiger partial charge is 0.338 e. The number of carbonyl (C=O) groups is 1. The summed E-state index contributed by atoms with van der Waals surface area (Å²) in [5.74, 6) is 0. The zero-order valence-corrected chi connectivity index (χ0v) is 16.6. The second-order valence-corrected chi connectivity index (χ2v) is 7.34. The van der Waals surface area contributed by atoms with Gasteiger partial charge in [0, 0.05) is 30.5 Å². The molecule has 0 atom stereocenters. The number of hydrogen-bond donors (Lipinski definition) is 2. The zero-order chi connectivity index (χ0) is 19.9. The molecule has 0 fully saturated rings. The fourth-order valence-electron chi connectivity index (χ4n) is 3.87. The van der Waals surface area contributed by atoms with Gasteiger partial charge in [0.2, 0.25) is 0 Å². The zero-order valence-electron chi connectivity index (χ0n) is 16.6. The van der Waals surface area contributed by atoms with Crippen molar-refractivity contribution < 1.29 is 4.79 Å². The molecule has 0 saturated carbocycles. The topological polar surface area (TPSA) is 71.8 Å². The van der Waals surface area contributed by atoms with Crippen molar-refractivity contribution in [2.24, 2.45) is 0 Å². The lowest BCUT2D eigenvalue weighted by molar-refractivity contribution is 0.240. The van der Waals surface area contributed by atoms with Gasteiger partial charge in [0.15, 0.2) is 0 Å². The van der Waals surface area contributed by atoms with E-state index in [1.165, 1.54) is 29.7 Å². The van der Waals surface area contributed by atoms with Crippen molar-refractivity contribution in [3.8, 4) is 11.4 Å². The third-order valence-corrected chi connectivity index (χ3v) is 5.32. The SMILES string of the molecule is O=C(NCCc1ccccc1)NCCn1nc(-c2ccccn2)c2c1CCCC2. The highest BCUT2D eigenvalue weighted by atomic mass is 16.2. The fraction of sp³-hybridized carbons (Fsp3) is 0.348. The maximum atomic E-state index is 12.1. The van der Waals surface area contributed by atoms with Gasteiger partial charge < -0.3 is 10.6 Å². The van der Waals surface area contributed by atoms with Crippen molar-refractivity contribution >= 4 is 6.03 Å². The predicted molar refractivity (Wildman–Crippen MR) is 114 cm³/mol. The summed E-state index contributed by atoms with van der Waals surface area (Å²) in [5.41, 5.74) is 5.76. The van der Waals surface area contributed by atoms with Crippen LogP contribution in [0.25, 0.3) is 11.4 Å². The monoisotopic (exact) mass is 389 g/mol. The molecule has 29 heavy (non-hydrogen) atoms. The van der Waals surface area contributed by atoms with Crippen molar-refractivity contribution in [2.75, 3.05) is 13.1 Å². The number of urea groups is 1. The van der Waals surface area contributed by atoms with Crippen LogP contribution in [0.2, 0.25) is 0 Å². The number of fused-ring (bicyclic) bond motifs is 1. The molecule has 6 heteroatoms. The highest BCUT2D eigenvalue weighted by Crippen LogP contribution is 2.30. The maximum absolute atomic E-state index is 12.1. The summed E-state index contributed by atoms with van der Waals surface area (Å²) < 4.78 is 2.06. The number of pyridine rings is 1. The minimum absolute atomic E-state index is 0.132.